The summed E-state index contributed by atoms with van der Waals surface area (Å²) >= 11 is 0. The largest absolute Gasteiger partial charge is 0.173 e. The molecule has 3 rings (SSSR count). The minimum Gasteiger partial charge on any atom is -0.173 e. The van der Waals surface area contributed by atoms with Crippen LogP contribution in [-0.2, 0) is 0 Å². The molecule has 0 aliphatic carbocycles. The van der Waals surface area contributed by atoms with Gasteiger partial charge in [0.15, 0.2) is 0 Å². The predicted molar refractivity (Wildman–Crippen MR) is 97.3 cm³/mol. The Bertz CT molecular complexity index is 681. The summed E-state index contributed by atoms with van der Waals surface area (Å²) < 4.78 is 0. The molecule has 0 N–H and O–H groups in total. The van der Waals surface area contributed by atoms with Crippen molar-refractivity contribution in [2.75, 3.05) is 0 Å². The standard InChI is InChI=1S/C21H22S/c1-16-7-4-10-19(13-16)22(20-11-5-8-17(2)14-20)21-12-6-9-18(3)15-21/h4-15,22H,1-3H3. The summed E-state index contributed by atoms with van der Waals surface area (Å²) in [5.74, 6) is 0. The van der Waals surface area contributed by atoms with Crippen molar-refractivity contribution in [3.05, 3.63) is 89.5 Å². The number of aryl methyl sites for hydroxylation is 3. The van der Waals surface area contributed by atoms with E-state index in [0.717, 1.165) is 0 Å². The van der Waals surface area contributed by atoms with Gasteiger partial charge in [0.1, 0.15) is 0 Å². The number of benzene rings is 3. The van der Waals surface area contributed by atoms with Crippen LogP contribution in [0, 0.1) is 20.8 Å². The van der Waals surface area contributed by atoms with E-state index in [0.29, 0.717) is 0 Å². The molecule has 3 aromatic carbocycles. The Morgan fingerprint density at radius 1 is 0.500 bits per heavy atom. The van der Waals surface area contributed by atoms with Gasteiger partial charge in [-0.25, -0.2) is 0 Å². The van der Waals surface area contributed by atoms with E-state index in [2.05, 4.69) is 93.6 Å². The van der Waals surface area contributed by atoms with Crippen LogP contribution in [0.1, 0.15) is 16.7 Å². The summed E-state index contributed by atoms with van der Waals surface area (Å²) in [7, 11) is -0.495. The highest BCUT2D eigenvalue weighted by atomic mass is 32.2. The minimum absolute atomic E-state index is 0.495. The SMILES string of the molecule is Cc1cccc([SH](c2cccc(C)c2)c2cccc(C)c2)c1. The first-order valence-electron chi connectivity index (χ1n) is 7.63. The molecule has 3 aromatic rings. The molecule has 0 saturated heterocycles. The fourth-order valence-electron chi connectivity index (χ4n) is 2.75. The molecule has 0 aliphatic heterocycles. The summed E-state index contributed by atoms with van der Waals surface area (Å²) in [5, 5.41) is 0. The maximum absolute atomic E-state index is 2.33. The van der Waals surface area contributed by atoms with Crippen molar-refractivity contribution in [1.29, 1.82) is 0 Å². The number of rotatable bonds is 3. The normalized spacial score (nSPS) is 11.3. The van der Waals surface area contributed by atoms with Crippen molar-refractivity contribution < 1.29 is 0 Å². The fraction of sp³-hybridized carbons (Fsp3) is 0.143. The zero-order chi connectivity index (χ0) is 15.5. The van der Waals surface area contributed by atoms with Crippen molar-refractivity contribution >= 4 is 10.9 Å². The molecule has 0 aromatic heterocycles. The molecular formula is C21H22S. The van der Waals surface area contributed by atoms with E-state index in [4.69, 9.17) is 0 Å². The second-order valence-corrected chi connectivity index (χ2v) is 8.07. The maximum atomic E-state index is 2.33. The molecular weight excluding hydrogens is 284 g/mol. The smallest absolute Gasteiger partial charge is 0.00425 e. The molecule has 0 bridgehead atoms. The molecule has 0 heterocycles. The molecule has 0 fully saturated rings. The van der Waals surface area contributed by atoms with Crippen LogP contribution in [0.25, 0.3) is 0 Å². The average molecular weight is 306 g/mol. The van der Waals surface area contributed by atoms with Crippen LogP contribution in [0.4, 0.5) is 0 Å². The maximum Gasteiger partial charge on any atom is -0.00425 e. The van der Waals surface area contributed by atoms with Gasteiger partial charge in [0.2, 0.25) is 0 Å². The van der Waals surface area contributed by atoms with Crippen LogP contribution < -0.4 is 0 Å². The first kappa shape index (κ1) is 14.9. The lowest BCUT2D eigenvalue weighted by atomic mass is 10.2. The number of hydrogen-bond donors (Lipinski definition) is 1. The van der Waals surface area contributed by atoms with Crippen LogP contribution >= 0.6 is 10.9 Å². The first-order valence-corrected chi connectivity index (χ1v) is 8.98. The van der Waals surface area contributed by atoms with E-state index in [1.165, 1.54) is 31.4 Å². The quantitative estimate of drug-likeness (QED) is 0.556. The molecule has 0 nitrogen and oxygen atoms in total. The Labute approximate surface area is 136 Å². The summed E-state index contributed by atoms with van der Waals surface area (Å²) in [5.41, 5.74) is 3.97. The zero-order valence-corrected chi connectivity index (χ0v) is 14.3. The van der Waals surface area contributed by atoms with E-state index < -0.39 is 10.9 Å². The third-order valence-electron chi connectivity index (χ3n) is 3.78. The van der Waals surface area contributed by atoms with E-state index >= 15 is 0 Å². The van der Waals surface area contributed by atoms with Crippen LogP contribution in [-0.4, -0.2) is 0 Å². The molecule has 0 unspecified atom stereocenters. The summed E-state index contributed by atoms with van der Waals surface area (Å²) in [6.07, 6.45) is 0. The van der Waals surface area contributed by atoms with Gasteiger partial charge in [-0.05, 0) is 71.9 Å². The van der Waals surface area contributed by atoms with Gasteiger partial charge in [-0.2, -0.15) is 10.9 Å². The topological polar surface area (TPSA) is 0 Å². The van der Waals surface area contributed by atoms with Gasteiger partial charge in [0, 0.05) is 0 Å². The zero-order valence-electron chi connectivity index (χ0n) is 13.4. The van der Waals surface area contributed by atoms with Crippen LogP contribution in [0.3, 0.4) is 0 Å². The van der Waals surface area contributed by atoms with Crippen molar-refractivity contribution in [2.45, 2.75) is 35.5 Å². The van der Waals surface area contributed by atoms with E-state index in [9.17, 15) is 0 Å². The highest BCUT2D eigenvalue weighted by Crippen LogP contribution is 2.51. The lowest BCUT2D eigenvalue weighted by Crippen LogP contribution is -1.90. The molecule has 0 aliphatic rings. The second-order valence-electron chi connectivity index (χ2n) is 5.85. The van der Waals surface area contributed by atoms with Gasteiger partial charge in [-0.1, -0.05) is 53.1 Å². The van der Waals surface area contributed by atoms with E-state index in [1.807, 2.05) is 0 Å². The van der Waals surface area contributed by atoms with Crippen molar-refractivity contribution in [3.63, 3.8) is 0 Å². The lowest BCUT2D eigenvalue weighted by molar-refractivity contribution is 1.27. The molecule has 0 atom stereocenters. The summed E-state index contributed by atoms with van der Waals surface area (Å²) in [4.78, 5) is 4.27. The van der Waals surface area contributed by atoms with Crippen LogP contribution in [0.15, 0.2) is 87.5 Å². The van der Waals surface area contributed by atoms with Gasteiger partial charge in [-0.15, -0.1) is 0 Å². The first-order chi connectivity index (χ1) is 10.6. The lowest BCUT2D eigenvalue weighted by Gasteiger charge is -2.24. The van der Waals surface area contributed by atoms with Gasteiger partial charge >= 0.3 is 0 Å². The Morgan fingerprint density at radius 2 is 0.818 bits per heavy atom. The average Bonchev–Trinajstić information content (AvgIpc) is 2.48. The van der Waals surface area contributed by atoms with Crippen molar-refractivity contribution in [2.24, 2.45) is 0 Å². The summed E-state index contributed by atoms with van der Waals surface area (Å²) in [6, 6.07) is 26.8. The summed E-state index contributed by atoms with van der Waals surface area (Å²) in [6.45, 7) is 6.51. The van der Waals surface area contributed by atoms with Crippen molar-refractivity contribution in [1.82, 2.24) is 0 Å². The number of thiol groups is 1. The molecule has 0 radical (unpaired) electrons. The Morgan fingerprint density at radius 3 is 1.09 bits per heavy atom. The molecule has 0 amide bonds. The monoisotopic (exact) mass is 306 g/mol. The molecule has 0 spiro atoms. The van der Waals surface area contributed by atoms with Gasteiger partial charge < -0.3 is 0 Å². The van der Waals surface area contributed by atoms with Crippen LogP contribution in [0.2, 0.25) is 0 Å². The molecule has 0 saturated carbocycles. The van der Waals surface area contributed by atoms with E-state index in [1.54, 1.807) is 0 Å². The predicted octanol–water partition coefficient (Wildman–Crippen LogP) is 6.09. The van der Waals surface area contributed by atoms with Gasteiger partial charge in [0.25, 0.3) is 0 Å². The minimum atomic E-state index is -0.495. The number of hydrogen-bond acceptors (Lipinski definition) is 0. The second kappa shape index (κ2) is 6.41. The van der Waals surface area contributed by atoms with Gasteiger partial charge in [-0.3, -0.25) is 0 Å². The Kier molecular flexibility index (Phi) is 4.35. The van der Waals surface area contributed by atoms with Gasteiger partial charge in [0.05, 0.1) is 0 Å². The highest BCUT2D eigenvalue weighted by Gasteiger charge is 2.13. The molecule has 1 heteroatoms. The van der Waals surface area contributed by atoms with Crippen LogP contribution in [0.5, 0.6) is 0 Å². The Hall–Kier alpha value is -1.99. The third kappa shape index (κ3) is 3.26. The van der Waals surface area contributed by atoms with E-state index in [-0.39, 0.29) is 0 Å². The Balaban J connectivity index is 2.18. The molecule has 112 valence electrons. The fourth-order valence-corrected chi connectivity index (χ4v) is 5.35. The highest BCUT2D eigenvalue weighted by molar-refractivity contribution is 8.17. The molecule has 22 heavy (non-hydrogen) atoms. The van der Waals surface area contributed by atoms with Crippen molar-refractivity contribution in [3.8, 4) is 0 Å². The third-order valence-corrected chi connectivity index (χ3v) is 6.16.